The van der Waals surface area contributed by atoms with Crippen LogP contribution in [-0.2, 0) is 11.3 Å². The molecule has 0 saturated heterocycles. The van der Waals surface area contributed by atoms with Crippen LogP contribution in [0, 0.1) is 6.92 Å². The summed E-state index contributed by atoms with van der Waals surface area (Å²) in [6, 6.07) is 17.2. The molecule has 1 amide bonds. The maximum Gasteiger partial charge on any atom is 0.220 e. The highest BCUT2D eigenvalue weighted by molar-refractivity contribution is 5.97. The van der Waals surface area contributed by atoms with Gasteiger partial charge in [0.05, 0.1) is 11.9 Å². The van der Waals surface area contributed by atoms with Gasteiger partial charge in [0.25, 0.3) is 0 Å². The molecule has 1 N–H and O–H groups in total. The fourth-order valence-corrected chi connectivity index (χ4v) is 2.57. The number of carbonyl (C=O) groups excluding carboxylic acids is 2. The Balaban J connectivity index is 1.46. The molecule has 26 heavy (non-hydrogen) atoms. The number of hydrogen-bond donors (Lipinski definition) is 1. The number of Topliss-reactive ketones (excluding diaryl/α,β-unsaturated/α-hetero) is 1. The second-order valence-electron chi connectivity index (χ2n) is 6.19. The van der Waals surface area contributed by atoms with Crippen LogP contribution < -0.4 is 5.32 Å². The largest absolute Gasteiger partial charge is 0.352 e. The van der Waals surface area contributed by atoms with Gasteiger partial charge in [-0.3, -0.25) is 9.59 Å². The molecule has 0 spiro atoms. The summed E-state index contributed by atoms with van der Waals surface area (Å²) in [4.78, 5) is 24.1. The van der Waals surface area contributed by atoms with E-state index in [4.69, 9.17) is 0 Å². The Bertz CT molecular complexity index is 883. The van der Waals surface area contributed by atoms with Crippen LogP contribution in [-0.4, -0.2) is 21.5 Å². The Morgan fingerprint density at radius 2 is 1.73 bits per heavy atom. The van der Waals surface area contributed by atoms with Gasteiger partial charge in [-0.1, -0.05) is 48.0 Å². The van der Waals surface area contributed by atoms with E-state index in [1.165, 1.54) is 0 Å². The summed E-state index contributed by atoms with van der Waals surface area (Å²) < 4.78 is 1.77. The Hall–Kier alpha value is -3.21. The molecule has 1 aromatic heterocycles. The first-order chi connectivity index (χ1) is 12.6. The Morgan fingerprint density at radius 3 is 2.46 bits per heavy atom. The molecule has 5 nitrogen and oxygen atoms in total. The highest BCUT2D eigenvalue weighted by Gasteiger charge is 2.09. The zero-order valence-electron chi connectivity index (χ0n) is 14.7. The fraction of sp³-hybridized carbons (Fsp3) is 0.190. The summed E-state index contributed by atoms with van der Waals surface area (Å²) in [7, 11) is 0. The van der Waals surface area contributed by atoms with Crippen LogP contribution in [0.2, 0.25) is 0 Å². The second-order valence-corrected chi connectivity index (χ2v) is 6.19. The maximum absolute atomic E-state index is 12.1. The molecule has 0 saturated carbocycles. The van der Waals surface area contributed by atoms with E-state index >= 15 is 0 Å². The lowest BCUT2D eigenvalue weighted by atomic mass is 10.1. The van der Waals surface area contributed by atoms with Gasteiger partial charge in [-0.25, -0.2) is 4.68 Å². The number of rotatable bonds is 7. The number of benzene rings is 2. The summed E-state index contributed by atoms with van der Waals surface area (Å²) in [5.41, 5.74) is 3.63. The molecule has 3 aromatic rings. The van der Waals surface area contributed by atoms with Crippen molar-refractivity contribution in [3.63, 3.8) is 0 Å². The number of hydrogen-bond acceptors (Lipinski definition) is 3. The Labute approximate surface area is 152 Å². The van der Waals surface area contributed by atoms with E-state index in [0.29, 0.717) is 12.1 Å². The van der Waals surface area contributed by atoms with Crippen LogP contribution in [0.15, 0.2) is 67.0 Å². The molecule has 3 rings (SSSR count). The lowest BCUT2D eigenvalue weighted by Gasteiger charge is -2.04. The van der Waals surface area contributed by atoms with E-state index in [2.05, 4.69) is 10.4 Å². The molecule has 0 aliphatic rings. The predicted octanol–water partition coefficient (Wildman–Crippen LogP) is 3.46. The molecule has 0 atom stereocenters. The Kier molecular flexibility index (Phi) is 5.59. The van der Waals surface area contributed by atoms with Crippen LogP contribution in [0.25, 0.3) is 5.69 Å². The predicted molar refractivity (Wildman–Crippen MR) is 100 cm³/mol. The van der Waals surface area contributed by atoms with Crippen molar-refractivity contribution in [2.24, 2.45) is 0 Å². The number of aryl methyl sites for hydroxylation is 1. The minimum absolute atomic E-state index is 0.0166. The number of nitrogens with one attached hydrogen (secondary N) is 1. The minimum Gasteiger partial charge on any atom is -0.352 e. The van der Waals surface area contributed by atoms with Gasteiger partial charge in [0.15, 0.2) is 5.78 Å². The van der Waals surface area contributed by atoms with Crippen LogP contribution in [0.5, 0.6) is 0 Å². The number of carbonyl (C=O) groups is 2. The van der Waals surface area contributed by atoms with E-state index in [9.17, 15) is 9.59 Å². The molecule has 132 valence electrons. The highest BCUT2D eigenvalue weighted by atomic mass is 16.2. The highest BCUT2D eigenvalue weighted by Crippen LogP contribution is 2.09. The average molecular weight is 347 g/mol. The van der Waals surface area contributed by atoms with Gasteiger partial charge < -0.3 is 5.32 Å². The minimum atomic E-state index is -0.141. The molecule has 0 bridgehead atoms. The number of ketones is 1. The smallest absolute Gasteiger partial charge is 0.220 e. The first-order valence-electron chi connectivity index (χ1n) is 8.57. The van der Waals surface area contributed by atoms with Gasteiger partial charge in [0.1, 0.15) is 0 Å². The van der Waals surface area contributed by atoms with Crippen molar-refractivity contribution in [2.75, 3.05) is 0 Å². The molecule has 1 heterocycles. The third-order valence-electron chi connectivity index (χ3n) is 4.10. The van der Waals surface area contributed by atoms with Gasteiger partial charge in [0.2, 0.25) is 5.91 Å². The van der Waals surface area contributed by atoms with Gasteiger partial charge in [-0.2, -0.15) is 5.10 Å². The molecular formula is C21H21N3O2. The molecule has 0 aliphatic heterocycles. The first-order valence-corrected chi connectivity index (χ1v) is 8.57. The fourth-order valence-electron chi connectivity index (χ4n) is 2.57. The van der Waals surface area contributed by atoms with E-state index in [-0.39, 0.29) is 24.5 Å². The van der Waals surface area contributed by atoms with Crippen LogP contribution in [0.4, 0.5) is 0 Å². The SMILES string of the molecule is Cc1ccc(C(=O)CCC(=O)NCc2cnn(-c3ccccc3)c2)cc1. The number of aromatic nitrogens is 2. The third kappa shape index (κ3) is 4.66. The molecule has 0 radical (unpaired) electrons. The number of para-hydroxylation sites is 1. The monoisotopic (exact) mass is 347 g/mol. The van der Waals surface area contributed by atoms with Crippen molar-refractivity contribution in [3.8, 4) is 5.69 Å². The van der Waals surface area contributed by atoms with Crippen LogP contribution in [0.3, 0.4) is 0 Å². The molecule has 0 unspecified atom stereocenters. The lowest BCUT2D eigenvalue weighted by Crippen LogP contribution is -2.23. The van der Waals surface area contributed by atoms with Crippen LogP contribution in [0.1, 0.15) is 34.3 Å². The van der Waals surface area contributed by atoms with Gasteiger partial charge >= 0.3 is 0 Å². The second kappa shape index (κ2) is 8.25. The summed E-state index contributed by atoms with van der Waals surface area (Å²) in [5.74, 6) is -0.157. The zero-order valence-corrected chi connectivity index (χ0v) is 14.7. The summed E-state index contributed by atoms with van der Waals surface area (Å²) in [5, 5.41) is 7.13. The molecule has 2 aromatic carbocycles. The van der Waals surface area contributed by atoms with E-state index in [1.54, 1.807) is 23.0 Å². The summed E-state index contributed by atoms with van der Waals surface area (Å²) in [6.07, 6.45) is 4.00. The van der Waals surface area contributed by atoms with Crippen molar-refractivity contribution in [2.45, 2.75) is 26.3 Å². The van der Waals surface area contributed by atoms with E-state index in [0.717, 1.165) is 16.8 Å². The van der Waals surface area contributed by atoms with E-state index < -0.39 is 0 Å². The normalized spacial score (nSPS) is 10.5. The van der Waals surface area contributed by atoms with Gasteiger partial charge in [-0.05, 0) is 19.1 Å². The number of nitrogens with zero attached hydrogens (tertiary/aromatic N) is 2. The maximum atomic E-state index is 12.1. The molecule has 0 aliphatic carbocycles. The molecule has 5 heteroatoms. The third-order valence-corrected chi connectivity index (χ3v) is 4.10. The lowest BCUT2D eigenvalue weighted by molar-refractivity contribution is -0.121. The quantitative estimate of drug-likeness (QED) is 0.666. The topological polar surface area (TPSA) is 64.0 Å². The van der Waals surface area contributed by atoms with Crippen molar-refractivity contribution >= 4 is 11.7 Å². The van der Waals surface area contributed by atoms with Crippen molar-refractivity contribution in [1.29, 1.82) is 0 Å². The Morgan fingerprint density at radius 1 is 1.00 bits per heavy atom. The van der Waals surface area contributed by atoms with Crippen LogP contribution >= 0.6 is 0 Å². The van der Waals surface area contributed by atoms with Crippen molar-refractivity contribution in [1.82, 2.24) is 15.1 Å². The summed E-state index contributed by atoms with van der Waals surface area (Å²) in [6.45, 7) is 2.37. The van der Waals surface area contributed by atoms with E-state index in [1.807, 2.05) is 55.6 Å². The molecule has 0 fully saturated rings. The molecular weight excluding hydrogens is 326 g/mol. The van der Waals surface area contributed by atoms with Crippen molar-refractivity contribution in [3.05, 3.63) is 83.7 Å². The zero-order chi connectivity index (χ0) is 18.4. The number of amides is 1. The standard InChI is InChI=1S/C21H21N3O2/c1-16-7-9-18(10-8-16)20(25)11-12-21(26)22-13-17-14-23-24(15-17)19-5-3-2-4-6-19/h2-10,14-15H,11-13H2,1H3,(H,22,26). The van der Waals surface area contributed by atoms with Gasteiger partial charge in [0, 0.05) is 36.7 Å². The average Bonchev–Trinajstić information content (AvgIpc) is 3.15. The summed E-state index contributed by atoms with van der Waals surface area (Å²) >= 11 is 0. The van der Waals surface area contributed by atoms with Crippen molar-refractivity contribution < 1.29 is 9.59 Å². The van der Waals surface area contributed by atoms with Gasteiger partial charge in [-0.15, -0.1) is 0 Å². The first kappa shape index (κ1) is 17.6.